The largest absolute Gasteiger partial charge is 0.383 e. The second-order valence-corrected chi connectivity index (χ2v) is 10.5. The van der Waals surface area contributed by atoms with Gasteiger partial charge in [0.2, 0.25) is 0 Å². The van der Waals surface area contributed by atoms with Gasteiger partial charge in [-0.1, -0.05) is 0 Å². The molecule has 3 aromatic rings. The number of rotatable bonds is 9. The predicted molar refractivity (Wildman–Crippen MR) is 141 cm³/mol. The van der Waals surface area contributed by atoms with Crippen molar-refractivity contribution in [1.82, 2.24) is 0 Å². The summed E-state index contributed by atoms with van der Waals surface area (Å²) in [6.45, 7) is 2.03. The second kappa shape index (κ2) is 12.1. The molecule has 0 heterocycles. The number of azo groups is 2. The summed E-state index contributed by atoms with van der Waals surface area (Å²) in [5, 5.41) is 28.9. The highest BCUT2D eigenvalue weighted by atomic mass is 79.9. The van der Waals surface area contributed by atoms with Gasteiger partial charge < -0.3 is 5.32 Å². The number of nitriles is 1. The fourth-order valence-corrected chi connectivity index (χ4v) is 4.68. The first-order valence-corrected chi connectivity index (χ1v) is 13.3. The van der Waals surface area contributed by atoms with E-state index in [-0.39, 0.29) is 10.9 Å². The van der Waals surface area contributed by atoms with Gasteiger partial charge in [0.15, 0.2) is 0 Å². The molecule has 3 aromatic carbocycles. The number of hydrogen-bond donors (Lipinski definition) is 2. The van der Waals surface area contributed by atoms with Crippen LogP contribution >= 0.6 is 31.9 Å². The topological polar surface area (TPSA) is 140 Å². The van der Waals surface area contributed by atoms with Crippen LogP contribution in [-0.4, -0.2) is 19.0 Å². The summed E-state index contributed by atoms with van der Waals surface area (Å²) in [5.41, 5.74) is 3.15. The second-order valence-electron chi connectivity index (χ2n) is 7.42. The fourth-order valence-electron chi connectivity index (χ4n) is 2.88. The summed E-state index contributed by atoms with van der Waals surface area (Å²) in [6, 6.07) is 18.7. The molecule has 0 saturated carbocycles. The Balaban J connectivity index is 1.68. The molecule has 1 unspecified atom stereocenters. The summed E-state index contributed by atoms with van der Waals surface area (Å²) in [4.78, 5) is -0.215. The molecule has 0 aliphatic heterocycles. The Hall–Kier alpha value is -2.98. The van der Waals surface area contributed by atoms with Gasteiger partial charge in [-0.05, 0) is 106 Å². The number of anilines is 1. The number of halogens is 2. The molecule has 0 bridgehead atoms. The van der Waals surface area contributed by atoms with E-state index in [2.05, 4.69) is 63.7 Å². The average Bonchev–Trinajstić information content (AvgIpc) is 2.81. The van der Waals surface area contributed by atoms with Gasteiger partial charge in [-0.15, -0.1) is 5.11 Å². The van der Waals surface area contributed by atoms with E-state index in [4.69, 9.17) is 9.81 Å². The fraction of sp³-hybridized carbons (Fsp3) is 0.174. The summed E-state index contributed by atoms with van der Waals surface area (Å²) in [5.74, 6) is 0. The van der Waals surface area contributed by atoms with Crippen molar-refractivity contribution in [2.75, 3.05) is 5.32 Å². The highest BCUT2D eigenvalue weighted by Gasteiger charge is 2.09. The first-order chi connectivity index (χ1) is 16.7. The van der Waals surface area contributed by atoms with Crippen molar-refractivity contribution in [3.05, 3.63) is 69.6 Å². The highest BCUT2D eigenvalue weighted by Crippen LogP contribution is 2.39. The standard InChI is InChI=1S/C23H20Br2N6O3S/c1-15(3-2-12-26)27-16-4-6-17(7-5-16)29-31-23-21(24)13-19(14-22(23)25)30-28-18-8-10-20(11-9-18)35(32,33)34/h4-11,13-15,27H,2-3H2,1H3,(H,32,33,34). The van der Waals surface area contributed by atoms with E-state index in [1.54, 1.807) is 12.1 Å². The van der Waals surface area contributed by atoms with Crippen LogP contribution in [0.25, 0.3) is 0 Å². The molecule has 1 atom stereocenters. The van der Waals surface area contributed by atoms with Crippen LogP contribution in [0.4, 0.5) is 28.4 Å². The van der Waals surface area contributed by atoms with Crippen molar-refractivity contribution in [3.8, 4) is 6.07 Å². The van der Waals surface area contributed by atoms with Gasteiger partial charge in [-0.25, -0.2) is 0 Å². The summed E-state index contributed by atoms with van der Waals surface area (Å²) in [7, 11) is -4.26. The van der Waals surface area contributed by atoms with Crippen LogP contribution in [0, 0.1) is 11.3 Å². The normalized spacial score (nSPS) is 12.7. The van der Waals surface area contributed by atoms with Gasteiger partial charge in [0.1, 0.15) is 5.69 Å². The summed E-state index contributed by atoms with van der Waals surface area (Å²) < 4.78 is 32.6. The highest BCUT2D eigenvalue weighted by molar-refractivity contribution is 9.11. The third kappa shape index (κ3) is 8.03. The minimum atomic E-state index is -4.26. The van der Waals surface area contributed by atoms with E-state index < -0.39 is 10.1 Å². The molecule has 0 fully saturated rings. The van der Waals surface area contributed by atoms with Gasteiger partial charge in [0, 0.05) is 27.1 Å². The zero-order valence-corrected chi connectivity index (χ0v) is 22.4. The molecule has 3 rings (SSSR count). The van der Waals surface area contributed by atoms with Crippen LogP contribution in [0.15, 0.2) is 95.0 Å². The Morgan fingerprint density at radius 2 is 1.43 bits per heavy atom. The molecule has 9 nitrogen and oxygen atoms in total. The molecule has 0 saturated heterocycles. The Labute approximate surface area is 220 Å². The monoisotopic (exact) mass is 618 g/mol. The molecule has 0 aliphatic rings. The third-order valence-electron chi connectivity index (χ3n) is 4.65. The Morgan fingerprint density at radius 1 is 0.914 bits per heavy atom. The lowest BCUT2D eigenvalue weighted by Gasteiger charge is -2.13. The van der Waals surface area contributed by atoms with E-state index in [0.29, 0.717) is 38.1 Å². The quantitative estimate of drug-likeness (QED) is 0.183. The zero-order chi connectivity index (χ0) is 25.4. The first kappa shape index (κ1) is 26.6. The van der Waals surface area contributed by atoms with Crippen molar-refractivity contribution in [2.45, 2.75) is 30.7 Å². The number of nitrogens with one attached hydrogen (secondary N) is 1. The van der Waals surface area contributed by atoms with Gasteiger partial charge >= 0.3 is 0 Å². The van der Waals surface area contributed by atoms with Crippen molar-refractivity contribution in [3.63, 3.8) is 0 Å². The van der Waals surface area contributed by atoms with E-state index in [1.165, 1.54) is 24.3 Å². The van der Waals surface area contributed by atoms with Gasteiger partial charge in [0.05, 0.1) is 28.0 Å². The Kier molecular flexibility index (Phi) is 9.22. The maximum Gasteiger partial charge on any atom is 0.294 e. The van der Waals surface area contributed by atoms with Gasteiger partial charge in [-0.3, -0.25) is 4.55 Å². The van der Waals surface area contributed by atoms with Gasteiger partial charge in [0.25, 0.3) is 10.1 Å². The van der Waals surface area contributed by atoms with Crippen LogP contribution in [0.2, 0.25) is 0 Å². The van der Waals surface area contributed by atoms with Crippen molar-refractivity contribution in [1.29, 1.82) is 5.26 Å². The van der Waals surface area contributed by atoms with E-state index in [9.17, 15) is 8.42 Å². The lowest BCUT2D eigenvalue weighted by atomic mass is 10.2. The minimum absolute atomic E-state index is 0.195. The van der Waals surface area contributed by atoms with Crippen molar-refractivity contribution < 1.29 is 13.0 Å². The SMILES string of the molecule is CC(CCC#N)Nc1ccc(N=Nc2c(Br)cc(N=Nc3ccc(S(=O)(=O)O)cc3)cc2Br)cc1. The predicted octanol–water partition coefficient (Wildman–Crippen LogP) is 8.39. The smallest absolute Gasteiger partial charge is 0.294 e. The molecule has 35 heavy (non-hydrogen) atoms. The Bertz CT molecular complexity index is 1360. The average molecular weight is 620 g/mol. The van der Waals surface area contributed by atoms with Crippen LogP contribution in [0.5, 0.6) is 0 Å². The molecule has 12 heteroatoms. The molecule has 0 radical (unpaired) electrons. The van der Waals surface area contributed by atoms with Crippen molar-refractivity contribution >= 4 is 70.4 Å². The van der Waals surface area contributed by atoms with E-state index in [1.807, 2.05) is 31.2 Å². The summed E-state index contributed by atoms with van der Waals surface area (Å²) >= 11 is 6.95. The zero-order valence-electron chi connectivity index (χ0n) is 18.4. The Morgan fingerprint density at radius 3 is 1.97 bits per heavy atom. The van der Waals surface area contributed by atoms with Crippen LogP contribution in [0.1, 0.15) is 19.8 Å². The van der Waals surface area contributed by atoms with Crippen LogP contribution < -0.4 is 5.32 Å². The van der Waals surface area contributed by atoms with Crippen LogP contribution in [-0.2, 0) is 10.1 Å². The molecule has 0 spiro atoms. The molecule has 2 N–H and O–H groups in total. The van der Waals surface area contributed by atoms with Gasteiger partial charge in [-0.2, -0.15) is 29.0 Å². The third-order valence-corrected chi connectivity index (χ3v) is 6.73. The first-order valence-electron chi connectivity index (χ1n) is 10.3. The molecule has 0 aromatic heterocycles. The maximum absolute atomic E-state index is 11.1. The number of hydrogen-bond acceptors (Lipinski definition) is 8. The van der Waals surface area contributed by atoms with E-state index >= 15 is 0 Å². The molecule has 0 aliphatic carbocycles. The lowest BCUT2D eigenvalue weighted by molar-refractivity contribution is 0.483. The maximum atomic E-state index is 11.1. The minimum Gasteiger partial charge on any atom is -0.383 e. The molecule has 0 amide bonds. The number of nitrogens with zero attached hydrogens (tertiary/aromatic N) is 5. The van der Waals surface area contributed by atoms with E-state index in [0.717, 1.165) is 12.1 Å². The molecule has 180 valence electrons. The van der Waals surface area contributed by atoms with Crippen molar-refractivity contribution in [2.24, 2.45) is 20.5 Å². The van der Waals surface area contributed by atoms with Crippen LogP contribution in [0.3, 0.4) is 0 Å². The number of benzene rings is 3. The lowest BCUT2D eigenvalue weighted by Crippen LogP contribution is -2.14. The summed E-state index contributed by atoms with van der Waals surface area (Å²) in [6.07, 6.45) is 1.28. The molecular formula is C23H20Br2N6O3S. The molecular weight excluding hydrogens is 600 g/mol.